The molecule has 0 amide bonds. The summed E-state index contributed by atoms with van der Waals surface area (Å²) >= 11 is 0. The van der Waals surface area contributed by atoms with E-state index >= 15 is 0 Å². The van der Waals surface area contributed by atoms with Gasteiger partial charge in [0.15, 0.2) is 6.29 Å². The topological polar surface area (TPSA) is 38.7 Å². The lowest BCUT2D eigenvalue weighted by atomic mass is 10.3. The Labute approximate surface area is 74.4 Å². The Hall–Kier alpha value is -0.330. The Morgan fingerprint density at radius 1 is 1.15 bits per heavy atom. The minimum Gasteiger partial charge on any atom is -0.380 e. The third kappa shape index (κ3) is 4.44. The second-order valence-corrected chi connectivity index (χ2v) is 2.27. The number of halogens is 3. The molecule has 0 aliphatic rings. The van der Waals surface area contributed by atoms with Crippen molar-refractivity contribution in [3.63, 3.8) is 0 Å². The maximum absolute atomic E-state index is 11.9. The predicted octanol–water partition coefficient (Wildman–Crippen LogP) is 1.31. The van der Waals surface area contributed by atoms with E-state index in [1.165, 1.54) is 13.8 Å². The van der Waals surface area contributed by atoms with Crippen LogP contribution in [-0.2, 0) is 9.47 Å². The van der Waals surface area contributed by atoms with Crippen LogP contribution >= 0.6 is 0 Å². The summed E-state index contributed by atoms with van der Waals surface area (Å²) in [6, 6.07) is 0. The normalized spacial score (nSPS) is 15.0. The van der Waals surface area contributed by atoms with Crippen molar-refractivity contribution in [3.8, 4) is 0 Å². The van der Waals surface area contributed by atoms with E-state index in [2.05, 4.69) is 9.47 Å². The molecule has 0 aliphatic carbocycles. The van der Waals surface area contributed by atoms with Gasteiger partial charge in [0.2, 0.25) is 6.10 Å². The number of aliphatic hydroxyl groups is 1. The SMILES string of the molecule is CCOC(OCC)C(O)C(F)(F)F. The van der Waals surface area contributed by atoms with Gasteiger partial charge in [-0.25, -0.2) is 0 Å². The number of hydrogen-bond donors (Lipinski definition) is 1. The quantitative estimate of drug-likeness (QED) is 0.683. The molecule has 0 bridgehead atoms. The molecule has 0 saturated heterocycles. The van der Waals surface area contributed by atoms with E-state index in [4.69, 9.17) is 5.11 Å². The Kier molecular flexibility index (Phi) is 5.27. The second-order valence-electron chi connectivity index (χ2n) is 2.27. The van der Waals surface area contributed by atoms with Crippen molar-refractivity contribution >= 4 is 0 Å². The van der Waals surface area contributed by atoms with Gasteiger partial charge in [-0.2, -0.15) is 13.2 Å². The standard InChI is InChI=1S/C7H13F3O3/c1-3-12-6(13-4-2)5(11)7(8,9)10/h5-6,11H,3-4H2,1-2H3. The third-order valence-electron chi connectivity index (χ3n) is 1.26. The van der Waals surface area contributed by atoms with Gasteiger partial charge < -0.3 is 14.6 Å². The maximum Gasteiger partial charge on any atom is 0.419 e. The van der Waals surface area contributed by atoms with E-state index in [-0.39, 0.29) is 13.2 Å². The molecule has 0 aromatic rings. The largest absolute Gasteiger partial charge is 0.419 e. The predicted molar refractivity (Wildman–Crippen MR) is 39.1 cm³/mol. The minimum absolute atomic E-state index is 0.0534. The van der Waals surface area contributed by atoms with Gasteiger partial charge in [0.05, 0.1) is 0 Å². The fourth-order valence-electron chi connectivity index (χ4n) is 0.713. The van der Waals surface area contributed by atoms with Crippen molar-refractivity contribution in [1.29, 1.82) is 0 Å². The molecule has 6 heteroatoms. The summed E-state index contributed by atoms with van der Waals surface area (Å²) < 4.78 is 45.0. The summed E-state index contributed by atoms with van der Waals surface area (Å²) in [4.78, 5) is 0. The van der Waals surface area contributed by atoms with Gasteiger partial charge in [-0.15, -0.1) is 0 Å². The van der Waals surface area contributed by atoms with Crippen LogP contribution in [0.25, 0.3) is 0 Å². The van der Waals surface area contributed by atoms with Gasteiger partial charge in [-0.05, 0) is 13.8 Å². The van der Waals surface area contributed by atoms with E-state index in [1.807, 2.05) is 0 Å². The molecule has 0 aromatic heterocycles. The van der Waals surface area contributed by atoms with Gasteiger partial charge in [-0.3, -0.25) is 0 Å². The fourth-order valence-corrected chi connectivity index (χ4v) is 0.713. The van der Waals surface area contributed by atoms with Crippen LogP contribution in [-0.4, -0.2) is 36.9 Å². The molecule has 1 unspecified atom stereocenters. The van der Waals surface area contributed by atoms with Gasteiger partial charge in [-0.1, -0.05) is 0 Å². The monoisotopic (exact) mass is 202 g/mol. The molecule has 1 N–H and O–H groups in total. The number of aliphatic hydroxyl groups excluding tert-OH is 1. The van der Waals surface area contributed by atoms with Crippen LogP contribution in [0.1, 0.15) is 13.8 Å². The molecule has 0 fully saturated rings. The fraction of sp³-hybridized carbons (Fsp3) is 1.00. The molecule has 0 saturated carbocycles. The average Bonchev–Trinajstić information content (AvgIpc) is 2.01. The number of rotatable bonds is 5. The lowest BCUT2D eigenvalue weighted by Gasteiger charge is -2.24. The molecule has 0 spiro atoms. The Balaban J connectivity index is 4.18. The molecule has 3 nitrogen and oxygen atoms in total. The van der Waals surface area contributed by atoms with E-state index in [0.29, 0.717) is 0 Å². The van der Waals surface area contributed by atoms with Crippen LogP contribution < -0.4 is 0 Å². The van der Waals surface area contributed by atoms with Crippen LogP contribution in [0.4, 0.5) is 13.2 Å². The Morgan fingerprint density at radius 3 is 1.77 bits per heavy atom. The van der Waals surface area contributed by atoms with E-state index in [0.717, 1.165) is 0 Å². The summed E-state index contributed by atoms with van der Waals surface area (Å²) in [5.74, 6) is 0. The maximum atomic E-state index is 11.9. The first kappa shape index (κ1) is 12.7. The molecule has 80 valence electrons. The van der Waals surface area contributed by atoms with Crippen molar-refractivity contribution < 1.29 is 27.8 Å². The molecular formula is C7H13F3O3. The smallest absolute Gasteiger partial charge is 0.380 e. The Bertz CT molecular complexity index is 131. The molecule has 0 aromatic carbocycles. The minimum atomic E-state index is -4.71. The van der Waals surface area contributed by atoms with E-state index < -0.39 is 18.6 Å². The van der Waals surface area contributed by atoms with Crippen LogP contribution in [0.3, 0.4) is 0 Å². The van der Waals surface area contributed by atoms with Crippen LogP contribution in [0, 0.1) is 0 Å². The highest BCUT2D eigenvalue weighted by Gasteiger charge is 2.44. The van der Waals surface area contributed by atoms with Crippen molar-refractivity contribution in [3.05, 3.63) is 0 Å². The zero-order valence-corrected chi connectivity index (χ0v) is 7.47. The average molecular weight is 202 g/mol. The Morgan fingerprint density at radius 2 is 1.54 bits per heavy atom. The molecule has 0 aliphatic heterocycles. The zero-order valence-electron chi connectivity index (χ0n) is 7.47. The second kappa shape index (κ2) is 5.41. The third-order valence-corrected chi connectivity index (χ3v) is 1.26. The van der Waals surface area contributed by atoms with Crippen LogP contribution in [0.2, 0.25) is 0 Å². The molecule has 1 atom stereocenters. The summed E-state index contributed by atoms with van der Waals surface area (Å²) in [7, 11) is 0. The number of alkyl halides is 3. The summed E-state index contributed by atoms with van der Waals surface area (Å²) in [6.07, 6.45) is -8.93. The number of ether oxygens (including phenoxy) is 2. The lowest BCUT2D eigenvalue weighted by Crippen LogP contribution is -2.42. The summed E-state index contributed by atoms with van der Waals surface area (Å²) in [5.41, 5.74) is 0. The molecular weight excluding hydrogens is 189 g/mol. The zero-order chi connectivity index (χ0) is 10.5. The first-order valence-electron chi connectivity index (χ1n) is 3.91. The first-order valence-corrected chi connectivity index (χ1v) is 3.91. The molecule has 0 radical (unpaired) electrons. The van der Waals surface area contributed by atoms with Gasteiger partial charge in [0, 0.05) is 13.2 Å². The van der Waals surface area contributed by atoms with Gasteiger partial charge in [0.1, 0.15) is 0 Å². The molecule has 0 heterocycles. The number of hydrogen-bond acceptors (Lipinski definition) is 3. The molecule has 13 heavy (non-hydrogen) atoms. The molecule has 0 rings (SSSR count). The highest BCUT2D eigenvalue weighted by atomic mass is 19.4. The summed E-state index contributed by atoms with van der Waals surface area (Å²) in [5, 5.41) is 8.73. The highest BCUT2D eigenvalue weighted by Crippen LogP contribution is 2.24. The van der Waals surface area contributed by atoms with Gasteiger partial charge in [0.25, 0.3) is 0 Å². The van der Waals surface area contributed by atoms with E-state index in [9.17, 15) is 13.2 Å². The van der Waals surface area contributed by atoms with Crippen LogP contribution in [0.5, 0.6) is 0 Å². The van der Waals surface area contributed by atoms with Crippen molar-refractivity contribution in [2.24, 2.45) is 0 Å². The lowest BCUT2D eigenvalue weighted by molar-refractivity contribution is -0.288. The van der Waals surface area contributed by atoms with Crippen molar-refractivity contribution in [2.75, 3.05) is 13.2 Å². The van der Waals surface area contributed by atoms with Crippen molar-refractivity contribution in [2.45, 2.75) is 32.4 Å². The van der Waals surface area contributed by atoms with E-state index in [1.54, 1.807) is 0 Å². The van der Waals surface area contributed by atoms with Gasteiger partial charge >= 0.3 is 6.18 Å². The highest BCUT2D eigenvalue weighted by molar-refractivity contribution is 4.69. The first-order chi connectivity index (χ1) is 5.93. The van der Waals surface area contributed by atoms with Crippen LogP contribution in [0.15, 0.2) is 0 Å². The van der Waals surface area contributed by atoms with Crippen molar-refractivity contribution in [1.82, 2.24) is 0 Å². The summed E-state index contributed by atoms with van der Waals surface area (Å²) in [6.45, 7) is 3.15.